The molecule has 0 aliphatic heterocycles. The molecule has 178 valence electrons. The minimum absolute atomic E-state index is 0.102. The molecule has 4 nitrogen and oxygen atoms in total. The smallest absolute Gasteiger partial charge is 0.259 e. The van der Waals surface area contributed by atoms with E-state index in [2.05, 4.69) is 26.1 Å². The number of carbonyl (C=O) groups excluding carboxylic acids is 1. The van der Waals surface area contributed by atoms with E-state index in [1.54, 1.807) is 17.6 Å². The lowest BCUT2D eigenvalue weighted by atomic mass is 9.72. The van der Waals surface area contributed by atoms with Crippen LogP contribution in [0.3, 0.4) is 0 Å². The second-order valence-corrected chi connectivity index (χ2v) is 11.2. The first-order chi connectivity index (χ1) is 16.3. The number of nitrogens with one attached hydrogen (secondary N) is 1. The highest BCUT2D eigenvalue weighted by Crippen LogP contribution is 2.45. The highest BCUT2D eigenvalue weighted by Gasteiger charge is 2.33. The maximum Gasteiger partial charge on any atom is 0.259 e. The number of hydrogen-bond donors (Lipinski definition) is 1. The second-order valence-electron chi connectivity index (χ2n) is 9.69. The van der Waals surface area contributed by atoms with Crippen molar-refractivity contribution in [1.82, 2.24) is 0 Å². The Morgan fingerprint density at radius 1 is 1.24 bits per heavy atom. The van der Waals surface area contributed by atoms with E-state index >= 15 is 0 Å². The number of fused-ring (bicyclic) bond motifs is 1. The maximum absolute atomic E-state index is 13.4. The van der Waals surface area contributed by atoms with Crippen molar-refractivity contribution < 1.29 is 9.53 Å². The molecule has 1 amide bonds. The summed E-state index contributed by atoms with van der Waals surface area (Å²) in [6.45, 7) is 9.38. The normalized spacial score (nSPS) is 15.9. The number of carbonyl (C=O) groups is 1. The zero-order valence-electron chi connectivity index (χ0n) is 20.2. The summed E-state index contributed by atoms with van der Waals surface area (Å²) < 4.78 is 5.53. The van der Waals surface area contributed by atoms with E-state index in [9.17, 15) is 4.79 Å². The fourth-order valence-corrected chi connectivity index (χ4v) is 5.87. The van der Waals surface area contributed by atoms with Gasteiger partial charge in [0.25, 0.3) is 5.91 Å². The van der Waals surface area contributed by atoms with Gasteiger partial charge < -0.3 is 10.1 Å². The molecule has 1 heterocycles. The molecule has 1 aromatic heterocycles. The molecule has 0 unspecified atom stereocenters. The molecule has 0 saturated heterocycles. The van der Waals surface area contributed by atoms with Crippen LogP contribution in [0.5, 0.6) is 5.75 Å². The lowest BCUT2D eigenvalue weighted by molar-refractivity contribution is 0.102. The van der Waals surface area contributed by atoms with E-state index in [0.29, 0.717) is 28.9 Å². The minimum Gasteiger partial charge on any atom is -0.492 e. The summed E-state index contributed by atoms with van der Waals surface area (Å²) in [5.74, 6) is 1.14. The summed E-state index contributed by atoms with van der Waals surface area (Å²) in [6, 6.07) is 15.2. The number of amides is 1. The molecule has 0 spiro atoms. The van der Waals surface area contributed by atoms with Crippen molar-refractivity contribution in [1.29, 1.82) is 0 Å². The number of aliphatic imine (C=N–C) groups is 1. The molecule has 1 aliphatic rings. The van der Waals surface area contributed by atoms with Gasteiger partial charge in [0.05, 0.1) is 17.2 Å². The van der Waals surface area contributed by atoms with Gasteiger partial charge in [0.1, 0.15) is 10.8 Å². The van der Waals surface area contributed by atoms with Crippen LogP contribution in [-0.4, -0.2) is 18.7 Å². The van der Waals surface area contributed by atoms with Crippen LogP contribution in [0.4, 0.5) is 10.7 Å². The van der Waals surface area contributed by atoms with Gasteiger partial charge in [-0.15, -0.1) is 11.3 Å². The van der Waals surface area contributed by atoms with Crippen molar-refractivity contribution in [3.63, 3.8) is 0 Å². The van der Waals surface area contributed by atoms with E-state index in [0.717, 1.165) is 41.1 Å². The Kier molecular flexibility index (Phi) is 7.44. The highest BCUT2D eigenvalue weighted by atomic mass is 35.5. The van der Waals surface area contributed by atoms with Crippen LogP contribution in [0.1, 0.15) is 60.5 Å². The van der Waals surface area contributed by atoms with Gasteiger partial charge >= 0.3 is 0 Å². The molecule has 2 aromatic carbocycles. The number of hydrogen-bond acceptors (Lipinski definition) is 4. The van der Waals surface area contributed by atoms with Crippen LogP contribution in [0.15, 0.2) is 53.5 Å². The number of anilines is 1. The molecule has 1 N–H and O–H groups in total. The summed E-state index contributed by atoms with van der Waals surface area (Å²) in [6.07, 6.45) is 4.74. The summed E-state index contributed by atoms with van der Waals surface area (Å²) >= 11 is 7.99. The number of thiophene rings is 1. The minimum atomic E-state index is -0.102. The Morgan fingerprint density at radius 3 is 2.68 bits per heavy atom. The monoisotopic (exact) mass is 494 g/mol. The Hall–Kier alpha value is -2.63. The molecule has 1 atom stereocenters. The van der Waals surface area contributed by atoms with Gasteiger partial charge in [-0.3, -0.25) is 4.79 Å². The molecule has 34 heavy (non-hydrogen) atoms. The Balaban J connectivity index is 1.68. The number of halogens is 1. The number of ether oxygens (including phenoxy) is 1. The largest absolute Gasteiger partial charge is 0.492 e. The number of rotatable bonds is 6. The van der Waals surface area contributed by atoms with Crippen molar-refractivity contribution in [3.8, 4) is 5.75 Å². The Labute approximate surface area is 211 Å². The van der Waals surface area contributed by atoms with Gasteiger partial charge in [0.2, 0.25) is 0 Å². The van der Waals surface area contributed by atoms with Gasteiger partial charge in [0.15, 0.2) is 0 Å². The summed E-state index contributed by atoms with van der Waals surface area (Å²) in [5.41, 5.74) is 3.72. The SMILES string of the molecule is CCOc1ccc(C=Nc2sc3c(c2C(=O)Nc2ccccc2)CC[C@@H](C(C)(C)C)C3)cc1Cl. The molecule has 0 radical (unpaired) electrons. The standard InChI is InChI=1S/C28H31ClN2O2S/c1-5-33-23-14-11-18(15-22(23)29)17-30-27-25(26(32)31-20-9-7-6-8-10-20)21-13-12-19(28(2,3)4)16-24(21)34-27/h6-11,14-15,17,19H,5,12-13,16H2,1-4H3,(H,31,32)/t19-/m1/s1. The first kappa shape index (κ1) is 24.5. The average Bonchev–Trinajstić information content (AvgIpc) is 3.17. The first-order valence-corrected chi connectivity index (χ1v) is 12.9. The molecule has 0 fully saturated rings. The van der Waals surface area contributed by atoms with Crippen LogP contribution in [0, 0.1) is 11.3 Å². The van der Waals surface area contributed by atoms with Crippen molar-refractivity contribution in [2.45, 2.75) is 47.0 Å². The fraction of sp³-hybridized carbons (Fsp3) is 0.357. The third-order valence-corrected chi connectivity index (χ3v) is 7.77. The van der Waals surface area contributed by atoms with Gasteiger partial charge in [-0.05, 0) is 79.0 Å². The quantitative estimate of drug-likeness (QED) is 0.353. The summed E-state index contributed by atoms with van der Waals surface area (Å²) in [7, 11) is 0. The average molecular weight is 495 g/mol. The summed E-state index contributed by atoms with van der Waals surface area (Å²) in [4.78, 5) is 19.5. The zero-order valence-corrected chi connectivity index (χ0v) is 21.7. The van der Waals surface area contributed by atoms with Gasteiger partial charge in [-0.2, -0.15) is 0 Å². The summed E-state index contributed by atoms with van der Waals surface area (Å²) in [5, 5.41) is 4.36. The van der Waals surface area contributed by atoms with Crippen molar-refractivity contribution >= 4 is 45.7 Å². The Bertz CT molecular complexity index is 1200. The Morgan fingerprint density at radius 2 is 2.00 bits per heavy atom. The van der Waals surface area contributed by atoms with Crippen LogP contribution < -0.4 is 10.1 Å². The molecule has 4 rings (SSSR count). The molecular formula is C28H31ClN2O2S. The van der Waals surface area contributed by atoms with Crippen LogP contribution >= 0.6 is 22.9 Å². The first-order valence-electron chi connectivity index (χ1n) is 11.7. The maximum atomic E-state index is 13.4. The van der Waals surface area contributed by atoms with Crippen LogP contribution in [0.25, 0.3) is 0 Å². The van der Waals surface area contributed by atoms with E-state index in [1.165, 1.54) is 4.88 Å². The molecule has 0 bridgehead atoms. The predicted molar refractivity (Wildman–Crippen MR) is 144 cm³/mol. The third kappa shape index (κ3) is 5.53. The van der Waals surface area contributed by atoms with E-state index in [4.69, 9.17) is 21.3 Å². The van der Waals surface area contributed by atoms with E-state index in [1.807, 2.05) is 55.5 Å². The van der Waals surface area contributed by atoms with Crippen molar-refractivity contribution in [2.75, 3.05) is 11.9 Å². The van der Waals surface area contributed by atoms with Gasteiger partial charge in [-0.25, -0.2) is 4.99 Å². The lowest BCUT2D eigenvalue weighted by Gasteiger charge is -2.33. The zero-order chi connectivity index (χ0) is 24.3. The highest BCUT2D eigenvalue weighted by molar-refractivity contribution is 7.16. The molecular weight excluding hydrogens is 464 g/mol. The van der Waals surface area contributed by atoms with Crippen LogP contribution in [-0.2, 0) is 12.8 Å². The lowest BCUT2D eigenvalue weighted by Crippen LogP contribution is -2.27. The predicted octanol–water partition coefficient (Wildman–Crippen LogP) is 7.95. The second kappa shape index (κ2) is 10.3. The number of para-hydroxylation sites is 1. The van der Waals surface area contributed by atoms with Gasteiger partial charge in [0, 0.05) is 16.8 Å². The fourth-order valence-electron chi connectivity index (χ4n) is 4.35. The third-order valence-electron chi connectivity index (χ3n) is 6.32. The molecule has 0 saturated carbocycles. The van der Waals surface area contributed by atoms with Crippen molar-refractivity contribution in [3.05, 3.63) is 75.1 Å². The number of benzene rings is 2. The van der Waals surface area contributed by atoms with Crippen molar-refractivity contribution in [2.24, 2.45) is 16.3 Å². The van der Waals surface area contributed by atoms with Crippen LogP contribution in [0.2, 0.25) is 5.02 Å². The topological polar surface area (TPSA) is 50.7 Å². The van der Waals surface area contributed by atoms with E-state index in [-0.39, 0.29) is 11.3 Å². The van der Waals surface area contributed by atoms with E-state index < -0.39 is 0 Å². The molecule has 1 aliphatic carbocycles. The number of nitrogens with zero attached hydrogens (tertiary/aromatic N) is 1. The molecule has 3 aromatic rings. The van der Waals surface area contributed by atoms with Gasteiger partial charge in [-0.1, -0.05) is 50.6 Å². The molecule has 6 heteroatoms.